The molecule has 1 aromatic heterocycles. The average molecular weight is 321 g/mol. The predicted molar refractivity (Wildman–Crippen MR) is 80.7 cm³/mol. The van der Waals surface area contributed by atoms with Crippen LogP contribution in [0.5, 0.6) is 0 Å². The van der Waals surface area contributed by atoms with Crippen molar-refractivity contribution >= 4 is 23.4 Å². The molecule has 0 aliphatic heterocycles. The quantitative estimate of drug-likeness (QED) is 0.646. The van der Waals surface area contributed by atoms with E-state index in [9.17, 15) is 4.39 Å². The highest BCUT2D eigenvalue weighted by Crippen LogP contribution is 2.30. The van der Waals surface area contributed by atoms with Gasteiger partial charge in [0.25, 0.3) is 5.22 Å². The second-order valence-electron chi connectivity index (χ2n) is 4.23. The van der Waals surface area contributed by atoms with Crippen LogP contribution in [0.2, 0.25) is 5.02 Å². The number of hydrogen-bond acceptors (Lipinski definition) is 4. The largest absolute Gasteiger partial charge is 0.411 e. The average Bonchev–Trinajstić information content (AvgIpc) is 2.96. The van der Waals surface area contributed by atoms with Crippen molar-refractivity contribution in [2.75, 3.05) is 0 Å². The van der Waals surface area contributed by atoms with Crippen LogP contribution < -0.4 is 0 Å². The van der Waals surface area contributed by atoms with Crippen molar-refractivity contribution in [3.63, 3.8) is 0 Å². The summed E-state index contributed by atoms with van der Waals surface area (Å²) in [5, 5.41) is 8.84. The molecule has 0 saturated heterocycles. The number of benzene rings is 2. The summed E-state index contributed by atoms with van der Waals surface area (Å²) in [6.07, 6.45) is 0. The number of aromatic nitrogens is 2. The number of thioether (sulfide) groups is 1. The van der Waals surface area contributed by atoms with Crippen LogP contribution in [0.15, 0.2) is 58.2 Å². The van der Waals surface area contributed by atoms with Gasteiger partial charge < -0.3 is 4.42 Å². The summed E-state index contributed by atoms with van der Waals surface area (Å²) in [5.74, 6) is 0.545. The summed E-state index contributed by atoms with van der Waals surface area (Å²) in [6.45, 7) is 0. The third-order valence-corrected chi connectivity index (χ3v) is 4.02. The van der Waals surface area contributed by atoms with E-state index in [1.165, 1.54) is 17.8 Å². The van der Waals surface area contributed by atoms with E-state index in [4.69, 9.17) is 16.0 Å². The lowest BCUT2D eigenvalue weighted by Gasteiger charge is -1.99. The van der Waals surface area contributed by atoms with Crippen LogP contribution in [-0.4, -0.2) is 10.2 Å². The van der Waals surface area contributed by atoms with Crippen molar-refractivity contribution < 1.29 is 8.81 Å². The monoisotopic (exact) mass is 320 g/mol. The summed E-state index contributed by atoms with van der Waals surface area (Å²) in [7, 11) is 0. The van der Waals surface area contributed by atoms with Crippen molar-refractivity contribution in [3.05, 3.63) is 64.9 Å². The highest BCUT2D eigenvalue weighted by molar-refractivity contribution is 7.98. The Hall–Kier alpha value is -1.85. The highest BCUT2D eigenvalue weighted by Gasteiger charge is 2.12. The molecule has 106 valence electrons. The summed E-state index contributed by atoms with van der Waals surface area (Å²) in [6, 6.07) is 13.8. The number of rotatable bonds is 4. The van der Waals surface area contributed by atoms with Gasteiger partial charge in [0.15, 0.2) is 0 Å². The van der Waals surface area contributed by atoms with E-state index in [1.54, 1.807) is 30.3 Å². The Bertz CT molecular complexity index is 763. The van der Waals surface area contributed by atoms with Gasteiger partial charge in [-0.3, -0.25) is 0 Å². The van der Waals surface area contributed by atoms with Crippen LogP contribution in [0.3, 0.4) is 0 Å². The smallest absolute Gasteiger partial charge is 0.277 e. The Labute approximate surface area is 130 Å². The van der Waals surface area contributed by atoms with Gasteiger partial charge in [-0.05, 0) is 23.8 Å². The van der Waals surface area contributed by atoms with Crippen molar-refractivity contribution in [1.82, 2.24) is 10.2 Å². The highest BCUT2D eigenvalue weighted by atomic mass is 35.5. The molecule has 0 unspecified atom stereocenters. The lowest BCUT2D eigenvalue weighted by atomic mass is 10.2. The van der Waals surface area contributed by atoms with E-state index >= 15 is 0 Å². The fourth-order valence-electron chi connectivity index (χ4n) is 1.77. The maximum absolute atomic E-state index is 13.5. The zero-order valence-corrected chi connectivity index (χ0v) is 12.4. The van der Waals surface area contributed by atoms with Gasteiger partial charge in [-0.1, -0.05) is 53.7 Å². The van der Waals surface area contributed by atoms with Crippen molar-refractivity contribution in [1.29, 1.82) is 0 Å². The maximum Gasteiger partial charge on any atom is 0.277 e. The molecule has 21 heavy (non-hydrogen) atoms. The van der Waals surface area contributed by atoms with Crippen molar-refractivity contribution in [2.45, 2.75) is 11.0 Å². The first-order valence-electron chi connectivity index (χ1n) is 6.18. The Balaban J connectivity index is 1.74. The van der Waals surface area contributed by atoms with E-state index in [0.717, 1.165) is 0 Å². The zero-order chi connectivity index (χ0) is 14.7. The van der Waals surface area contributed by atoms with Gasteiger partial charge in [-0.2, -0.15) is 0 Å². The summed E-state index contributed by atoms with van der Waals surface area (Å²) < 4.78 is 19.1. The molecule has 0 aliphatic carbocycles. The molecule has 1 heterocycles. The molecule has 0 N–H and O–H groups in total. The van der Waals surface area contributed by atoms with Crippen LogP contribution >= 0.6 is 23.4 Å². The normalized spacial score (nSPS) is 10.8. The molecule has 2 aromatic carbocycles. The summed E-state index contributed by atoms with van der Waals surface area (Å²) in [5.41, 5.74) is 1.28. The van der Waals surface area contributed by atoms with Crippen LogP contribution in [0.4, 0.5) is 4.39 Å². The maximum atomic E-state index is 13.5. The van der Waals surface area contributed by atoms with Gasteiger partial charge in [-0.25, -0.2) is 4.39 Å². The molecule has 0 amide bonds. The van der Waals surface area contributed by atoms with E-state index < -0.39 is 0 Å². The molecule has 0 radical (unpaired) electrons. The molecule has 6 heteroatoms. The van der Waals surface area contributed by atoms with Crippen LogP contribution in [0, 0.1) is 5.82 Å². The predicted octanol–water partition coefficient (Wildman–Crippen LogP) is 4.82. The lowest BCUT2D eigenvalue weighted by molar-refractivity contribution is 0.465. The minimum absolute atomic E-state index is 0.240. The van der Waals surface area contributed by atoms with Crippen molar-refractivity contribution in [2.24, 2.45) is 0 Å². The third kappa shape index (κ3) is 3.25. The first-order chi connectivity index (χ1) is 10.2. The Kier molecular flexibility index (Phi) is 4.22. The minimum Gasteiger partial charge on any atom is -0.411 e. The van der Waals surface area contributed by atoms with Crippen LogP contribution in [0.25, 0.3) is 11.5 Å². The van der Waals surface area contributed by atoms with E-state index in [0.29, 0.717) is 33.0 Å². The second kappa shape index (κ2) is 6.28. The van der Waals surface area contributed by atoms with Gasteiger partial charge in [-0.15, -0.1) is 10.2 Å². The first-order valence-corrected chi connectivity index (χ1v) is 7.55. The second-order valence-corrected chi connectivity index (χ2v) is 5.57. The summed E-state index contributed by atoms with van der Waals surface area (Å²) in [4.78, 5) is 0. The van der Waals surface area contributed by atoms with Gasteiger partial charge in [0, 0.05) is 5.75 Å². The summed E-state index contributed by atoms with van der Waals surface area (Å²) >= 11 is 7.36. The van der Waals surface area contributed by atoms with Gasteiger partial charge in [0.05, 0.1) is 10.6 Å². The number of hydrogen-bond donors (Lipinski definition) is 0. The van der Waals surface area contributed by atoms with E-state index in [2.05, 4.69) is 10.2 Å². The molecule has 3 aromatic rings. The Morgan fingerprint density at radius 1 is 1.05 bits per heavy atom. The third-order valence-electron chi connectivity index (χ3n) is 2.82. The molecule has 0 bridgehead atoms. The van der Waals surface area contributed by atoms with Gasteiger partial charge in [0.1, 0.15) is 5.82 Å². The molecular weight excluding hydrogens is 311 g/mol. The Morgan fingerprint density at radius 3 is 2.62 bits per heavy atom. The molecular formula is C15H10ClFN2OS. The molecule has 0 atom stereocenters. The fraction of sp³-hybridized carbons (Fsp3) is 0.0667. The van der Waals surface area contributed by atoms with Crippen LogP contribution in [0.1, 0.15) is 5.56 Å². The van der Waals surface area contributed by atoms with Gasteiger partial charge in [0.2, 0.25) is 5.89 Å². The Morgan fingerprint density at radius 2 is 1.81 bits per heavy atom. The molecule has 3 nitrogen and oxygen atoms in total. The topological polar surface area (TPSA) is 38.9 Å². The first kappa shape index (κ1) is 14.1. The molecule has 0 fully saturated rings. The molecule has 0 saturated carbocycles. The van der Waals surface area contributed by atoms with Crippen LogP contribution in [-0.2, 0) is 5.75 Å². The standard InChI is InChI=1S/C15H10ClFN2OS/c16-12-7-3-2-6-11(12)14-18-19-15(20-14)21-9-10-5-1-4-8-13(10)17/h1-8H,9H2. The molecule has 3 rings (SSSR count). The molecule has 0 spiro atoms. The SMILES string of the molecule is Fc1ccccc1CSc1nnc(-c2ccccc2Cl)o1. The fourth-order valence-corrected chi connectivity index (χ4v) is 2.73. The lowest BCUT2D eigenvalue weighted by Crippen LogP contribution is -1.86. The molecule has 0 aliphatic rings. The minimum atomic E-state index is -0.240. The van der Waals surface area contributed by atoms with E-state index in [1.807, 2.05) is 12.1 Å². The van der Waals surface area contributed by atoms with E-state index in [-0.39, 0.29) is 5.82 Å². The number of halogens is 2. The number of nitrogens with zero attached hydrogens (tertiary/aromatic N) is 2. The van der Waals surface area contributed by atoms with Gasteiger partial charge >= 0.3 is 0 Å². The zero-order valence-electron chi connectivity index (χ0n) is 10.8. The van der Waals surface area contributed by atoms with Crippen molar-refractivity contribution in [3.8, 4) is 11.5 Å².